The summed E-state index contributed by atoms with van der Waals surface area (Å²) in [6.07, 6.45) is 6.01. The summed E-state index contributed by atoms with van der Waals surface area (Å²) in [4.78, 5) is 30.2. The predicted molar refractivity (Wildman–Crippen MR) is 224 cm³/mol. The molecule has 0 saturated carbocycles. The van der Waals surface area contributed by atoms with Gasteiger partial charge >= 0.3 is 0 Å². The number of aliphatic hydroxyl groups excluding tert-OH is 1. The average molecular weight is 897 g/mol. The fraction of sp³-hybridized carbons (Fsp3) is 0.538. The zero-order valence-electron chi connectivity index (χ0n) is 34.0. The van der Waals surface area contributed by atoms with Crippen molar-refractivity contribution in [3.63, 3.8) is 0 Å². The number of fused-ring (bicyclic) bond motifs is 4. The first-order valence-electron chi connectivity index (χ1n) is 19.7. The van der Waals surface area contributed by atoms with E-state index in [1.165, 1.54) is 48.3 Å². The number of nitrogens with zero attached hydrogens (tertiary/aromatic N) is 2. The number of amides is 2. The van der Waals surface area contributed by atoms with E-state index in [1.807, 2.05) is 12.2 Å². The van der Waals surface area contributed by atoms with Crippen LogP contribution in [0.5, 0.6) is 23.0 Å². The molecule has 2 amide bonds. The number of anilines is 2. The molecule has 60 heavy (non-hydrogen) atoms. The number of ether oxygens (including phenoxy) is 4. The van der Waals surface area contributed by atoms with Crippen molar-refractivity contribution in [2.75, 3.05) is 76.2 Å². The van der Waals surface area contributed by atoms with E-state index in [2.05, 4.69) is 10.6 Å². The van der Waals surface area contributed by atoms with E-state index in [0.717, 1.165) is 11.1 Å². The molecule has 0 aliphatic carbocycles. The van der Waals surface area contributed by atoms with Crippen LogP contribution in [0, 0.1) is 0 Å². The van der Waals surface area contributed by atoms with Crippen molar-refractivity contribution in [3.8, 4) is 23.0 Å². The second-order valence-corrected chi connectivity index (χ2v) is 21.8. The van der Waals surface area contributed by atoms with Crippen molar-refractivity contribution in [3.05, 3.63) is 58.7 Å². The Hall–Kier alpha value is -4.33. The molecule has 2 aromatic carbocycles. The molecule has 0 radical (unpaired) electrons. The van der Waals surface area contributed by atoms with E-state index in [0.29, 0.717) is 19.3 Å². The van der Waals surface area contributed by atoms with Crippen molar-refractivity contribution in [1.29, 1.82) is 0 Å². The molecule has 4 aliphatic heterocycles. The van der Waals surface area contributed by atoms with Crippen molar-refractivity contribution in [2.45, 2.75) is 68.8 Å². The fourth-order valence-corrected chi connectivity index (χ4v) is 13.0. The van der Waals surface area contributed by atoms with E-state index >= 15 is 0 Å². The summed E-state index contributed by atoms with van der Waals surface area (Å²) in [6.45, 7) is 4.06. The maximum absolute atomic E-state index is 14.2. The minimum Gasteiger partial charge on any atom is -0.493 e. The number of methoxy groups -OCH3 is 2. The lowest BCUT2D eigenvalue weighted by Gasteiger charge is -2.26. The van der Waals surface area contributed by atoms with Gasteiger partial charge in [0, 0.05) is 50.3 Å². The van der Waals surface area contributed by atoms with Gasteiger partial charge in [-0.25, -0.2) is 0 Å². The van der Waals surface area contributed by atoms with Crippen molar-refractivity contribution >= 4 is 50.6 Å². The van der Waals surface area contributed by atoms with Gasteiger partial charge in [0.2, 0.25) is 0 Å². The summed E-state index contributed by atoms with van der Waals surface area (Å²) in [5, 5.41) is 12.3. The van der Waals surface area contributed by atoms with Crippen LogP contribution < -0.4 is 29.6 Å². The number of hydrogen-bond acceptors (Lipinski definition) is 14. The van der Waals surface area contributed by atoms with Gasteiger partial charge in [0.25, 0.3) is 32.1 Å². The SMILES string of the molecule is C/C=C1\C[C@H]2C(S(=O)(=O)O)Nc3cc(OCCCP(=O)(CCCO)CCCOc4cc5c(cc4OC)C(=O)N4C/C(=C/C)C[C@H]4C(S(=O)(=O)O)N5)c(OC)cc3C(=O)N2C1. The summed E-state index contributed by atoms with van der Waals surface area (Å²) >= 11 is 0. The second kappa shape index (κ2) is 18.3. The highest BCUT2D eigenvalue weighted by Gasteiger charge is 2.47. The molecule has 4 atom stereocenters. The molecule has 0 aromatic heterocycles. The average Bonchev–Trinajstić information content (AvgIpc) is 3.79. The van der Waals surface area contributed by atoms with Crippen LogP contribution >= 0.6 is 7.14 Å². The maximum Gasteiger partial charge on any atom is 0.288 e. The Morgan fingerprint density at radius 1 is 0.700 bits per heavy atom. The highest BCUT2D eigenvalue weighted by atomic mass is 32.2. The third-order valence-corrected chi connectivity index (χ3v) is 17.0. The summed E-state index contributed by atoms with van der Waals surface area (Å²) in [5.41, 5.74) is 2.35. The molecule has 5 N–H and O–H groups in total. The van der Waals surface area contributed by atoms with Gasteiger partial charge < -0.3 is 49.1 Å². The lowest BCUT2D eigenvalue weighted by atomic mass is 10.1. The summed E-state index contributed by atoms with van der Waals surface area (Å²) in [6, 6.07) is 4.17. The van der Waals surface area contributed by atoms with Gasteiger partial charge in [-0.1, -0.05) is 23.3 Å². The third kappa shape index (κ3) is 9.58. The Balaban J connectivity index is 1.10. The van der Waals surface area contributed by atoms with Crippen molar-refractivity contribution in [1.82, 2.24) is 9.80 Å². The molecule has 0 spiro atoms. The molecule has 2 fully saturated rings. The Bertz CT molecular complexity index is 2170. The number of hydrogen-bond donors (Lipinski definition) is 5. The monoisotopic (exact) mass is 896 g/mol. The van der Waals surface area contributed by atoms with Gasteiger partial charge in [-0.2, -0.15) is 16.8 Å². The van der Waals surface area contributed by atoms with E-state index < -0.39 is 62.0 Å². The van der Waals surface area contributed by atoms with E-state index in [-0.39, 0.29) is 110 Å². The van der Waals surface area contributed by atoms with Crippen LogP contribution in [0.15, 0.2) is 47.6 Å². The number of aliphatic hydroxyl groups is 1. The van der Waals surface area contributed by atoms with E-state index in [1.54, 1.807) is 13.8 Å². The van der Waals surface area contributed by atoms with Crippen LogP contribution in [0.25, 0.3) is 0 Å². The van der Waals surface area contributed by atoms with Crippen molar-refractivity contribution < 1.29 is 64.1 Å². The molecular formula is C39H53N4O14PS2. The van der Waals surface area contributed by atoms with E-state index in [4.69, 9.17) is 18.9 Å². The second-order valence-electron chi connectivity index (χ2n) is 15.3. The molecule has 0 bridgehead atoms. The number of carbonyl (C=O) groups is 2. The first kappa shape index (κ1) is 45.2. The number of carbonyl (C=O) groups excluding carboxylic acids is 2. The van der Waals surface area contributed by atoms with Crippen LogP contribution in [0.1, 0.15) is 66.7 Å². The van der Waals surface area contributed by atoms with Crippen LogP contribution in [0.2, 0.25) is 0 Å². The Kier molecular flexibility index (Phi) is 13.8. The first-order valence-corrected chi connectivity index (χ1v) is 25.0. The molecular weight excluding hydrogens is 844 g/mol. The van der Waals surface area contributed by atoms with Gasteiger partial charge in [0.1, 0.15) is 0 Å². The molecule has 21 heteroatoms. The summed E-state index contributed by atoms with van der Waals surface area (Å²) in [7, 11) is -9.35. The third-order valence-electron chi connectivity index (χ3n) is 11.5. The van der Waals surface area contributed by atoms with Crippen LogP contribution in [-0.4, -0.2) is 141 Å². The van der Waals surface area contributed by atoms with Crippen LogP contribution in [0.4, 0.5) is 11.4 Å². The summed E-state index contributed by atoms with van der Waals surface area (Å²) in [5.74, 6) is 0.00793. The van der Waals surface area contributed by atoms with Gasteiger partial charge in [-0.15, -0.1) is 0 Å². The molecule has 4 heterocycles. The lowest BCUT2D eigenvalue weighted by Crippen LogP contribution is -2.47. The molecule has 4 aliphatic rings. The number of rotatable bonds is 17. The summed E-state index contributed by atoms with van der Waals surface area (Å²) < 4.78 is 108. The molecule has 18 nitrogen and oxygen atoms in total. The Morgan fingerprint density at radius 3 is 1.45 bits per heavy atom. The zero-order valence-corrected chi connectivity index (χ0v) is 36.5. The highest BCUT2D eigenvalue weighted by molar-refractivity contribution is 7.86. The highest BCUT2D eigenvalue weighted by Crippen LogP contribution is 2.48. The normalized spacial score (nSPS) is 23.7. The fourth-order valence-electron chi connectivity index (χ4n) is 8.34. The Morgan fingerprint density at radius 2 is 1.10 bits per heavy atom. The predicted octanol–water partition coefficient (Wildman–Crippen LogP) is 4.29. The number of nitrogens with one attached hydrogen (secondary N) is 2. The van der Waals surface area contributed by atoms with Crippen LogP contribution in [0.3, 0.4) is 0 Å². The number of benzene rings is 2. The molecule has 6 rings (SSSR count). The number of allylic oxidation sites excluding steroid dienone is 2. The van der Waals surface area contributed by atoms with Gasteiger partial charge in [0.05, 0.1) is 69.2 Å². The molecule has 330 valence electrons. The van der Waals surface area contributed by atoms with Gasteiger partial charge in [-0.3, -0.25) is 18.7 Å². The minimum atomic E-state index is -4.64. The Labute approximate surface area is 350 Å². The minimum absolute atomic E-state index is 0.0841. The smallest absolute Gasteiger partial charge is 0.288 e. The first-order chi connectivity index (χ1) is 28.4. The van der Waals surface area contributed by atoms with Gasteiger partial charge in [0.15, 0.2) is 33.7 Å². The van der Waals surface area contributed by atoms with Crippen molar-refractivity contribution in [2.24, 2.45) is 0 Å². The lowest BCUT2D eigenvalue weighted by molar-refractivity contribution is 0.0737. The quantitative estimate of drug-likeness (QED) is 0.0643. The van der Waals surface area contributed by atoms with Crippen LogP contribution in [-0.2, 0) is 24.8 Å². The largest absolute Gasteiger partial charge is 0.493 e. The molecule has 2 aromatic rings. The zero-order chi connectivity index (χ0) is 43.6. The standard InChI is InChI=1S/C39H53N4O14PS2/c1-5-24-16-30-36(59(48,49)50)40-28-20-34(32(54-3)18-26(28)38(45)42(30)22-24)56-11-8-14-58(47,13-7-10-44)15-9-12-57-35-21-29-27(19-33(35)55-4)39(46)43-23-25(6-2)17-31(43)37(41-29)60(51,52)53/h5-6,18-21,30-31,36-37,40-41,44H,7-17,22-23H2,1-4H3,(H,48,49,50)(H,51,52,53)/b24-5+,25-6+/t30-,31-,36?,37?,58?/m0/s1. The molecule has 2 unspecified atom stereocenters. The molecule has 2 saturated heterocycles. The maximum atomic E-state index is 14.2. The van der Waals surface area contributed by atoms with Gasteiger partial charge in [-0.05, 0) is 58.1 Å². The topological polar surface area (TPSA) is 248 Å². The van der Waals surface area contributed by atoms with E-state index in [9.17, 15) is 45.2 Å².